The van der Waals surface area contributed by atoms with E-state index in [2.05, 4.69) is 52.1 Å². The maximum absolute atomic E-state index is 14.2. The monoisotopic (exact) mass is 686 g/mol. The smallest absolute Gasteiger partial charge is 0.264 e. The van der Waals surface area contributed by atoms with E-state index in [1.165, 1.54) is 6.42 Å². The lowest BCUT2D eigenvalue weighted by Crippen LogP contribution is -2.51. The van der Waals surface area contributed by atoms with Gasteiger partial charge >= 0.3 is 0 Å². The third kappa shape index (κ3) is 7.26. The van der Waals surface area contributed by atoms with Gasteiger partial charge in [-0.05, 0) is 67.8 Å². The highest BCUT2D eigenvalue weighted by Crippen LogP contribution is 2.42. The predicted octanol–water partition coefficient (Wildman–Crippen LogP) is 9.69. The van der Waals surface area contributed by atoms with E-state index < -0.39 is 10.0 Å². The molecule has 7 rings (SSSR count). The van der Waals surface area contributed by atoms with Crippen LogP contribution in [-0.4, -0.2) is 38.6 Å². The maximum atomic E-state index is 14.2. The van der Waals surface area contributed by atoms with Crippen LogP contribution < -0.4 is 14.4 Å². The molecule has 2 aliphatic rings. The average molecular weight is 687 g/mol. The van der Waals surface area contributed by atoms with Gasteiger partial charge in [-0.3, -0.25) is 4.90 Å². The van der Waals surface area contributed by atoms with Gasteiger partial charge in [-0.25, -0.2) is 23.1 Å². The van der Waals surface area contributed by atoms with Crippen LogP contribution in [0.2, 0.25) is 0 Å². The number of ether oxygens (including phenoxy) is 1. The van der Waals surface area contributed by atoms with Crippen LogP contribution in [0, 0.1) is 6.92 Å². The van der Waals surface area contributed by atoms with Crippen molar-refractivity contribution < 1.29 is 13.2 Å². The molecule has 0 bridgehead atoms. The molecule has 0 saturated heterocycles. The molecule has 2 aliphatic carbocycles. The number of hydrogen-bond acceptors (Lipinski definition) is 5. The van der Waals surface area contributed by atoms with E-state index in [0.29, 0.717) is 5.96 Å². The summed E-state index contributed by atoms with van der Waals surface area (Å²) >= 11 is 0. The van der Waals surface area contributed by atoms with E-state index >= 15 is 0 Å². The second-order valence-electron chi connectivity index (χ2n) is 13.6. The Labute approximate surface area is 296 Å². The van der Waals surface area contributed by atoms with Crippen LogP contribution in [0.25, 0.3) is 33.2 Å². The Morgan fingerprint density at radius 2 is 1.36 bits per heavy atom. The van der Waals surface area contributed by atoms with Crippen molar-refractivity contribution in [2.75, 3.05) is 12.0 Å². The normalized spacial score (nSPS) is 16.3. The SMILES string of the molecule is COc1ccc(-c2c(-c3ccccc3)nc(N(C(=NC3CCCCC3)NS(=O)(=O)c3ccc(C)cc3)C3CCCCC3)c3ccccc23)cc1. The molecule has 4 aromatic carbocycles. The fourth-order valence-corrected chi connectivity index (χ4v) is 8.49. The zero-order valence-electron chi connectivity index (χ0n) is 29.0. The zero-order chi connectivity index (χ0) is 34.5. The van der Waals surface area contributed by atoms with Gasteiger partial charge in [0.15, 0.2) is 0 Å². The number of hydrogen-bond donors (Lipinski definition) is 1. The average Bonchev–Trinajstić information content (AvgIpc) is 3.16. The van der Waals surface area contributed by atoms with Crippen molar-refractivity contribution in [3.63, 3.8) is 0 Å². The summed E-state index contributed by atoms with van der Waals surface area (Å²) in [6.45, 7) is 1.96. The van der Waals surface area contributed by atoms with Crippen molar-refractivity contribution in [2.24, 2.45) is 4.99 Å². The number of nitrogens with one attached hydrogen (secondary N) is 1. The summed E-state index contributed by atoms with van der Waals surface area (Å²) in [5, 5.41) is 2.00. The number of aliphatic imine (C=N–C) groups is 1. The molecule has 50 heavy (non-hydrogen) atoms. The van der Waals surface area contributed by atoms with Gasteiger partial charge in [-0.15, -0.1) is 0 Å². The van der Waals surface area contributed by atoms with Crippen molar-refractivity contribution in [3.05, 3.63) is 109 Å². The molecule has 7 nitrogen and oxygen atoms in total. The predicted molar refractivity (Wildman–Crippen MR) is 204 cm³/mol. The number of anilines is 1. The lowest BCUT2D eigenvalue weighted by molar-refractivity contribution is 0.415. The van der Waals surface area contributed by atoms with Gasteiger partial charge in [0.1, 0.15) is 11.6 Å². The number of benzene rings is 4. The third-order valence-corrected chi connectivity index (χ3v) is 11.5. The van der Waals surface area contributed by atoms with Crippen LogP contribution in [0.15, 0.2) is 113 Å². The van der Waals surface area contributed by atoms with E-state index in [-0.39, 0.29) is 17.0 Å². The number of fused-ring (bicyclic) bond motifs is 1. The molecule has 0 atom stereocenters. The number of rotatable bonds is 8. The van der Waals surface area contributed by atoms with Crippen molar-refractivity contribution >= 4 is 32.6 Å². The lowest BCUT2D eigenvalue weighted by atomic mass is 9.91. The molecule has 2 fully saturated rings. The second kappa shape index (κ2) is 15.1. The Balaban J connectivity index is 1.48. The van der Waals surface area contributed by atoms with Gasteiger partial charge in [-0.2, -0.15) is 0 Å². The molecular weight excluding hydrogens is 641 g/mol. The van der Waals surface area contributed by atoms with Gasteiger partial charge in [0, 0.05) is 22.6 Å². The molecule has 1 N–H and O–H groups in total. The maximum Gasteiger partial charge on any atom is 0.264 e. The molecule has 0 radical (unpaired) electrons. The van der Waals surface area contributed by atoms with Crippen LogP contribution in [0.4, 0.5) is 5.82 Å². The second-order valence-corrected chi connectivity index (χ2v) is 15.3. The summed E-state index contributed by atoms with van der Waals surface area (Å²) in [4.78, 5) is 13.3. The topological polar surface area (TPSA) is 83.9 Å². The molecule has 5 aromatic rings. The van der Waals surface area contributed by atoms with Crippen molar-refractivity contribution in [1.82, 2.24) is 9.71 Å². The minimum absolute atomic E-state index is 0.0261. The van der Waals surface area contributed by atoms with Crippen LogP contribution in [0.1, 0.15) is 69.8 Å². The van der Waals surface area contributed by atoms with Gasteiger partial charge in [0.25, 0.3) is 10.0 Å². The number of aromatic nitrogens is 1. The molecule has 2 saturated carbocycles. The summed E-state index contributed by atoms with van der Waals surface area (Å²) in [5.41, 5.74) is 4.88. The van der Waals surface area contributed by atoms with Gasteiger partial charge in [-0.1, -0.05) is 123 Å². The Bertz CT molecular complexity index is 2050. The summed E-state index contributed by atoms with van der Waals surface area (Å²) < 4.78 is 37.0. The first-order chi connectivity index (χ1) is 24.4. The number of nitrogens with zero attached hydrogens (tertiary/aromatic N) is 3. The van der Waals surface area contributed by atoms with E-state index in [1.807, 2.05) is 55.5 Å². The highest BCUT2D eigenvalue weighted by atomic mass is 32.2. The molecule has 1 heterocycles. The Morgan fingerprint density at radius 1 is 0.740 bits per heavy atom. The molecule has 0 amide bonds. The third-order valence-electron chi connectivity index (χ3n) is 10.2. The van der Waals surface area contributed by atoms with Gasteiger partial charge in [0.05, 0.1) is 23.7 Å². The van der Waals surface area contributed by atoms with E-state index in [9.17, 15) is 8.42 Å². The van der Waals surface area contributed by atoms with Gasteiger partial charge < -0.3 is 4.74 Å². The molecule has 258 valence electrons. The van der Waals surface area contributed by atoms with E-state index in [1.54, 1.807) is 19.2 Å². The number of sulfonamides is 1. The number of pyridine rings is 1. The van der Waals surface area contributed by atoms with E-state index in [0.717, 1.165) is 108 Å². The Kier molecular flexibility index (Phi) is 10.2. The van der Waals surface area contributed by atoms with E-state index in [4.69, 9.17) is 14.7 Å². The van der Waals surface area contributed by atoms with Crippen molar-refractivity contribution in [3.8, 4) is 28.1 Å². The number of guanidine groups is 1. The summed E-state index contributed by atoms with van der Waals surface area (Å²) in [6.07, 6.45) is 10.4. The van der Waals surface area contributed by atoms with Crippen LogP contribution in [-0.2, 0) is 10.0 Å². The minimum Gasteiger partial charge on any atom is -0.497 e. The number of methoxy groups -OCH3 is 1. The summed E-state index contributed by atoms with van der Waals surface area (Å²) in [5.74, 6) is 1.89. The Morgan fingerprint density at radius 3 is 2.02 bits per heavy atom. The fraction of sp³-hybridized carbons (Fsp3) is 0.333. The van der Waals surface area contributed by atoms with Crippen molar-refractivity contribution in [1.29, 1.82) is 0 Å². The van der Waals surface area contributed by atoms with Gasteiger partial charge in [0.2, 0.25) is 5.96 Å². The lowest BCUT2D eigenvalue weighted by Gasteiger charge is -2.37. The highest BCUT2D eigenvalue weighted by Gasteiger charge is 2.33. The standard InChI is InChI=1S/C42H46N4O3S/c1-30-22-28-36(29-23-30)50(47,48)45-42(43-33-16-8-4-9-17-33)46(34-18-10-5-11-19-34)41-38-21-13-12-20-37(38)39(31-24-26-35(49-2)27-25-31)40(44-41)32-14-6-3-7-15-32/h3,6-7,12-15,20-29,33-34H,4-5,8-11,16-19H2,1-2H3,(H,43,45). The molecule has 8 heteroatoms. The van der Waals surface area contributed by atoms with Crippen LogP contribution >= 0.6 is 0 Å². The first-order valence-corrected chi connectivity index (χ1v) is 19.5. The first-order valence-electron chi connectivity index (χ1n) is 18.0. The van der Waals surface area contributed by atoms with Crippen LogP contribution in [0.3, 0.4) is 0 Å². The van der Waals surface area contributed by atoms with Crippen LogP contribution in [0.5, 0.6) is 5.75 Å². The molecule has 0 aliphatic heterocycles. The molecule has 0 unspecified atom stereocenters. The highest BCUT2D eigenvalue weighted by molar-refractivity contribution is 7.90. The minimum atomic E-state index is -3.95. The molecular formula is C42H46N4O3S. The molecule has 0 spiro atoms. The summed E-state index contributed by atoms with van der Waals surface area (Å²) in [7, 11) is -2.28. The molecule has 1 aromatic heterocycles. The largest absolute Gasteiger partial charge is 0.497 e. The quantitative estimate of drug-likeness (QED) is 0.130. The zero-order valence-corrected chi connectivity index (χ0v) is 29.8. The number of aryl methyl sites for hydroxylation is 1. The fourth-order valence-electron chi connectivity index (χ4n) is 7.49. The Hall–Kier alpha value is -4.69. The van der Waals surface area contributed by atoms with Crippen molar-refractivity contribution in [2.45, 2.75) is 88.1 Å². The summed E-state index contributed by atoms with van der Waals surface area (Å²) in [6, 6.07) is 33.9. The first kappa shape index (κ1) is 33.8.